The molecular weight excluding hydrogens is 397 g/mol. The van der Waals surface area contributed by atoms with Crippen LogP contribution in [-0.2, 0) is 13.1 Å². The Morgan fingerprint density at radius 3 is 2.57 bits per heavy atom. The molecule has 0 aliphatic rings. The maximum atomic E-state index is 14.1. The normalized spacial score (nSPS) is 10.7. The van der Waals surface area contributed by atoms with Crippen molar-refractivity contribution in [2.24, 2.45) is 0 Å². The summed E-state index contributed by atoms with van der Waals surface area (Å²) in [5, 5.41) is 0.494. The van der Waals surface area contributed by atoms with E-state index in [1.165, 1.54) is 23.6 Å². The van der Waals surface area contributed by atoms with Crippen LogP contribution in [-0.4, -0.2) is 20.8 Å². The zero-order chi connectivity index (χ0) is 20.9. The number of nitrogens with zero attached hydrogens (tertiary/aromatic N) is 3. The van der Waals surface area contributed by atoms with Crippen molar-refractivity contribution < 1.29 is 9.18 Å². The Kier molecular flexibility index (Phi) is 5.95. The summed E-state index contributed by atoms with van der Waals surface area (Å²) in [6.07, 6.45) is 5.00. The second kappa shape index (κ2) is 8.97. The molecule has 4 nitrogen and oxygen atoms in total. The topological polar surface area (TPSA) is 46.1 Å². The van der Waals surface area contributed by atoms with Gasteiger partial charge in [-0.25, -0.2) is 9.37 Å². The predicted molar refractivity (Wildman–Crippen MR) is 117 cm³/mol. The number of amides is 1. The molecule has 0 N–H and O–H groups in total. The first kappa shape index (κ1) is 19.9. The second-order valence-corrected chi connectivity index (χ2v) is 7.99. The number of rotatable bonds is 6. The van der Waals surface area contributed by atoms with Crippen LogP contribution in [0.2, 0.25) is 0 Å². The predicted octanol–water partition coefficient (Wildman–Crippen LogP) is 5.50. The highest BCUT2D eigenvalue weighted by molar-refractivity contribution is 7.16. The number of pyridine rings is 1. The van der Waals surface area contributed by atoms with E-state index in [1.807, 2.05) is 43.3 Å². The molecule has 0 unspecified atom stereocenters. The van der Waals surface area contributed by atoms with E-state index in [2.05, 4.69) is 9.97 Å². The zero-order valence-electron chi connectivity index (χ0n) is 16.5. The maximum absolute atomic E-state index is 14.1. The molecule has 2 aromatic carbocycles. The number of aromatic nitrogens is 2. The molecule has 1 amide bonds. The third-order valence-corrected chi connectivity index (χ3v) is 5.85. The third-order valence-electron chi connectivity index (χ3n) is 4.83. The maximum Gasteiger partial charge on any atom is 0.266 e. The standard InChI is InChI=1S/C24H20FN3OS/c1-17-7-2-3-9-19(17)16-28(15-18-8-6-12-26-13-18)24(29)22-14-27-23(30-22)20-10-4-5-11-21(20)25/h2-14H,15-16H2,1H3. The van der Waals surface area contributed by atoms with E-state index in [0.717, 1.165) is 16.7 Å². The molecule has 0 aliphatic carbocycles. The smallest absolute Gasteiger partial charge is 0.266 e. The largest absolute Gasteiger partial charge is 0.329 e. The highest BCUT2D eigenvalue weighted by atomic mass is 32.1. The van der Waals surface area contributed by atoms with Crippen LogP contribution in [0.25, 0.3) is 10.6 Å². The first-order valence-corrected chi connectivity index (χ1v) is 10.4. The van der Waals surface area contributed by atoms with Crippen LogP contribution < -0.4 is 0 Å². The summed E-state index contributed by atoms with van der Waals surface area (Å²) in [4.78, 5) is 24.1. The van der Waals surface area contributed by atoms with E-state index >= 15 is 0 Å². The minimum atomic E-state index is -0.349. The van der Waals surface area contributed by atoms with Gasteiger partial charge in [-0.3, -0.25) is 9.78 Å². The van der Waals surface area contributed by atoms with Crippen LogP contribution >= 0.6 is 11.3 Å². The van der Waals surface area contributed by atoms with Gasteiger partial charge < -0.3 is 4.90 Å². The van der Waals surface area contributed by atoms with Gasteiger partial charge in [0.05, 0.1) is 6.20 Å². The number of carbonyl (C=O) groups is 1. The Morgan fingerprint density at radius 1 is 1.00 bits per heavy atom. The minimum Gasteiger partial charge on any atom is -0.329 e. The molecule has 4 aromatic rings. The summed E-state index contributed by atoms with van der Waals surface area (Å²) < 4.78 is 14.1. The van der Waals surface area contributed by atoms with E-state index in [0.29, 0.717) is 28.5 Å². The molecular formula is C24H20FN3OS. The van der Waals surface area contributed by atoms with Crippen LogP contribution in [0, 0.1) is 12.7 Å². The van der Waals surface area contributed by atoms with Crippen LogP contribution in [0.4, 0.5) is 4.39 Å². The highest BCUT2D eigenvalue weighted by Crippen LogP contribution is 2.28. The van der Waals surface area contributed by atoms with Crippen molar-refractivity contribution in [3.05, 3.63) is 107 Å². The lowest BCUT2D eigenvalue weighted by atomic mass is 10.1. The molecule has 30 heavy (non-hydrogen) atoms. The highest BCUT2D eigenvalue weighted by Gasteiger charge is 2.21. The average molecular weight is 418 g/mol. The average Bonchev–Trinajstić information content (AvgIpc) is 3.25. The van der Waals surface area contributed by atoms with Crippen molar-refractivity contribution >= 4 is 17.2 Å². The van der Waals surface area contributed by atoms with Gasteiger partial charge in [0.25, 0.3) is 5.91 Å². The van der Waals surface area contributed by atoms with Gasteiger partial charge in [-0.05, 0) is 41.8 Å². The number of aryl methyl sites for hydroxylation is 1. The van der Waals surface area contributed by atoms with Gasteiger partial charge in [-0.15, -0.1) is 11.3 Å². The molecule has 2 aromatic heterocycles. The quantitative estimate of drug-likeness (QED) is 0.416. The molecule has 0 bridgehead atoms. The minimum absolute atomic E-state index is 0.137. The Morgan fingerprint density at radius 2 is 1.80 bits per heavy atom. The van der Waals surface area contributed by atoms with Crippen molar-refractivity contribution in [2.45, 2.75) is 20.0 Å². The van der Waals surface area contributed by atoms with Gasteiger partial charge in [0.1, 0.15) is 15.7 Å². The molecule has 0 atom stereocenters. The lowest BCUT2D eigenvalue weighted by Crippen LogP contribution is -2.30. The van der Waals surface area contributed by atoms with Crippen molar-refractivity contribution in [1.82, 2.24) is 14.9 Å². The Hall–Kier alpha value is -3.38. The zero-order valence-corrected chi connectivity index (χ0v) is 17.3. The van der Waals surface area contributed by atoms with Crippen molar-refractivity contribution in [2.75, 3.05) is 0 Å². The van der Waals surface area contributed by atoms with E-state index in [1.54, 1.807) is 35.5 Å². The van der Waals surface area contributed by atoms with E-state index < -0.39 is 0 Å². The van der Waals surface area contributed by atoms with Crippen molar-refractivity contribution in [3.8, 4) is 10.6 Å². The van der Waals surface area contributed by atoms with Gasteiger partial charge >= 0.3 is 0 Å². The first-order chi connectivity index (χ1) is 14.6. The number of thiazole rings is 1. The summed E-state index contributed by atoms with van der Waals surface area (Å²) in [5.74, 6) is -0.486. The third kappa shape index (κ3) is 4.44. The molecule has 0 fully saturated rings. The Labute approximate surface area is 178 Å². The molecule has 6 heteroatoms. The first-order valence-electron chi connectivity index (χ1n) is 9.55. The molecule has 150 valence electrons. The summed E-state index contributed by atoms with van der Waals surface area (Å²) in [6, 6.07) is 18.3. The van der Waals surface area contributed by atoms with Crippen LogP contribution in [0.1, 0.15) is 26.4 Å². The molecule has 0 aliphatic heterocycles. The molecule has 4 rings (SSSR count). The molecule has 0 spiro atoms. The summed E-state index contributed by atoms with van der Waals surface area (Å²) in [5.41, 5.74) is 3.55. The van der Waals surface area contributed by atoms with E-state index in [9.17, 15) is 9.18 Å². The fraction of sp³-hybridized carbons (Fsp3) is 0.125. The fourth-order valence-corrected chi connectivity index (χ4v) is 4.10. The summed E-state index contributed by atoms with van der Waals surface area (Å²) >= 11 is 1.20. The molecule has 2 heterocycles. The van der Waals surface area contributed by atoms with E-state index in [4.69, 9.17) is 0 Å². The fourth-order valence-electron chi connectivity index (χ4n) is 3.19. The molecule has 0 radical (unpaired) electrons. The van der Waals surface area contributed by atoms with Gasteiger partial charge in [-0.1, -0.05) is 42.5 Å². The van der Waals surface area contributed by atoms with Gasteiger partial charge in [0.15, 0.2) is 0 Å². The lowest BCUT2D eigenvalue weighted by Gasteiger charge is -2.23. The second-order valence-electron chi connectivity index (χ2n) is 6.96. The van der Waals surface area contributed by atoms with Gasteiger partial charge in [0.2, 0.25) is 0 Å². The van der Waals surface area contributed by atoms with E-state index in [-0.39, 0.29) is 11.7 Å². The number of halogens is 1. The lowest BCUT2D eigenvalue weighted by molar-refractivity contribution is 0.0734. The number of carbonyl (C=O) groups excluding carboxylic acids is 1. The number of hydrogen-bond acceptors (Lipinski definition) is 4. The number of benzene rings is 2. The Bertz CT molecular complexity index is 1160. The van der Waals surface area contributed by atoms with Crippen molar-refractivity contribution in [3.63, 3.8) is 0 Å². The summed E-state index contributed by atoms with van der Waals surface area (Å²) in [7, 11) is 0. The van der Waals surface area contributed by atoms with Crippen molar-refractivity contribution in [1.29, 1.82) is 0 Å². The van der Waals surface area contributed by atoms with Gasteiger partial charge in [-0.2, -0.15) is 0 Å². The monoisotopic (exact) mass is 417 g/mol. The van der Waals surface area contributed by atoms with Gasteiger partial charge in [0, 0.05) is 31.0 Å². The summed E-state index contributed by atoms with van der Waals surface area (Å²) in [6.45, 7) is 2.92. The SMILES string of the molecule is Cc1ccccc1CN(Cc1cccnc1)C(=O)c1cnc(-c2ccccc2F)s1. The number of hydrogen-bond donors (Lipinski definition) is 0. The molecule has 0 saturated heterocycles. The Balaban J connectivity index is 1.64. The molecule has 0 saturated carbocycles. The van der Waals surface area contributed by atoms with Crippen LogP contribution in [0.3, 0.4) is 0 Å². The van der Waals surface area contributed by atoms with Crippen LogP contribution in [0.5, 0.6) is 0 Å². The van der Waals surface area contributed by atoms with Crippen LogP contribution in [0.15, 0.2) is 79.3 Å².